The summed E-state index contributed by atoms with van der Waals surface area (Å²) in [4.78, 5) is 25.7. The maximum absolute atomic E-state index is 12.1. The zero-order valence-electron chi connectivity index (χ0n) is 12.3. The average molecular weight is 270 g/mol. The van der Waals surface area contributed by atoms with Crippen molar-refractivity contribution < 1.29 is 14.7 Å². The van der Waals surface area contributed by atoms with E-state index in [2.05, 4.69) is 19.2 Å². The van der Waals surface area contributed by atoms with Crippen LogP contribution in [0.15, 0.2) is 0 Å². The van der Waals surface area contributed by atoms with E-state index in [4.69, 9.17) is 5.11 Å². The molecule has 1 saturated heterocycles. The fraction of sp³-hybridized carbons (Fsp3) is 0.857. The molecule has 0 aromatic rings. The van der Waals surface area contributed by atoms with E-state index in [1.54, 1.807) is 4.90 Å². The number of amides is 2. The van der Waals surface area contributed by atoms with E-state index in [1.807, 2.05) is 13.8 Å². The number of carbonyl (C=O) groups is 2. The molecule has 1 heterocycles. The lowest BCUT2D eigenvalue weighted by atomic mass is 10.0. The first kappa shape index (κ1) is 16.0. The summed E-state index contributed by atoms with van der Waals surface area (Å²) in [5, 5.41) is 11.9. The molecule has 5 nitrogen and oxygen atoms in total. The minimum absolute atomic E-state index is 0.0211. The molecule has 1 rings (SSSR count). The highest BCUT2D eigenvalue weighted by Gasteiger charge is 2.35. The van der Waals surface area contributed by atoms with Crippen LogP contribution in [0.2, 0.25) is 0 Å². The van der Waals surface area contributed by atoms with Gasteiger partial charge in [0.1, 0.15) is 0 Å². The van der Waals surface area contributed by atoms with Crippen LogP contribution in [0.1, 0.15) is 34.1 Å². The van der Waals surface area contributed by atoms with E-state index in [1.165, 1.54) is 0 Å². The SMILES string of the molecule is CC(C)CN1CC(C(=O)NC(C)C(C)CO)CC1=O. The van der Waals surface area contributed by atoms with Crippen molar-refractivity contribution in [1.82, 2.24) is 10.2 Å². The molecule has 1 fully saturated rings. The molecule has 19 heavy (non-hydrogen) atoms. The standard InChI is InChI=1S/C14H26N2O3/c1-9(2)6-16-7-12(5-13(16)18)14(19)15-11(4)10(3)8-17/h9-12,17H,5-8H2,1-4H3,(H,15,19). The van der Waals surface area contributed by atoms with Gasteiger partial charge in [-0.2, -0.15) is 0 Å². The van der Waals surface area contributed by atoms with Crippen LogP contribution < -0.4 is 5.32 Å². The van der Waals surface area contributed by atoms with Crippen molar-refractivity contribution in [3.05, 3.63) is 0 Å². The molecule has 5 heteroatoms. The number of aliphatic hydroxyl groups is 1. The fourth-order valence-electron chi connectivity index (χ4n) is 2.21. The van der Waals surface area contributed by atoms with E-state index in [0.29, 0.717) is 25.4 Å². The second-order valence-corrected chi connectivity index (χ2v) is 6.05. The van der Waals surface area contributed by atoms with Crippen molar-refractivity contribution >= 4 is 11.8 Å². The van der Waals surface area contributed by atoms with E-state index < -0.39 is 0 Å². The molecule has 0 radical (unpaired) electrons. The van der Waals surface area contributed by atoms with Gasteiger partial charge < -0.3 is 15.3 Å². The highest BCUT2D eigenvalue weighted by atomic mass is 16.3. The second kappa shape index (κ2) is 6.89. The Hall–Kier alpha value is -1.10. The van der Waals surface area contributed by atoms with E-state index in [9.17, 15) is 9.59 Å². The van der Waals surface area contributed by atoms with E-state index in [0.717, 1.165) is 0 Å². The topological polar surface area (TPSA) is 69.6 Å². The zero-order valence-corrected chi connectivity index (χ0v) is 12.3. The van der Waals surface area contributed by atoms with Crippen molar-refractivity contribution in [2.24, 2.45) is 17.8 Å². The monoisotopic (exact) mass is 270 g/mol. The van der Waals surface area contributed by atoms with Gasteiger partial charge in [-0.1, -0.05) is 20.8 Å². The molecule has 0 aromatic heterocycles. The molecule has 1 aliphatic heterocycles. The largest absolute Gasteiger partial charge is 0.396 e. The van der Waals surface area contributed by atoms with Crippen LogP contribution >= 0.6 is 0 Å². The lowest BCUT2D eigenvalue weighted by molar-refractivity contribution is -0.129. The third-order valence-electron chi connectivity index (χ3n) is 3.68. The number of aliphatic hydroxyl groups excluding tert-OH is 1. The quantitative estimate of drug-likeness (QED) is 0.743. The number of hydrogen-bond donors (Lipinski definition) is 2. The number of hydrogen-bond acceptors (Lipinski definition) is 3. The molecule has 0 spiro atoms. The van der Waals surface area contributed by atoms with Crippen LogP contribution in [0.3, 0.4) is 0 Å². The van der Waals surface area contributed by atoms with Gasteiger partial charge in [0.05, 0.1) is 5.92 Å². The predicted octanol–water partition coefficient (Wildman–Crippen LogP) is 0.624. The van der Waals surface area contributed by atoms with Gasteiger partial charge in [0.25, 0.3) is 0 Å². The normalized spacial score (nSPS) is 22.7. The minimum atomic E-state index is -0.250. The summed E-state index contributed by atoms with van der Waals surface area (Å²) in [6.45, 7) is 9.16. The molecule has 3 unspecified atom stereocenters. The van der Waals surface area contributed by atoms with Gasteiger partial charge in [0, 0.05) is 32.2 Å². The van der Waals surface area contributed by atoms with Gasteiger partial charge in [-0.15, -0.1) is 0 Å². The first-order valence-corrected chi connectivity index (χ1v) is 7.04. The molecule has 2 amide bonds. The van der Waals surface area contributed by atoms with E-state index >= 15 is 0 Å². The third kappa shape index (κ3) is 4.49. The first-order chi connectivity index (χ1) is 8.85. The Morgan fingerprint density at radius 3 is 2.58 bits per heavy atom. The summed E-state index contributed by atoms with van der Waals surface area (Å²) in [5.74, 6) is 0.177. The number of rotatable bonds is 6. The van der Waals surface area contributed by atoms with Crippen LogP contribution in [0.25, 0.3) is 0 Å². The smallest absolute Gasteiger partial charge is 0.225 e. The molecule has 0 aliphatic carbocycles. The first-order valence-electron chi connectivity index (χ1n) is 7.04. The Morgan fingerprint density at radius 1 is 1.42 bits per heavy atom. The fourth-order valence-corrected chi connectivity index (χ4v) is 2.21. The van der Waals surface area contributed by atoms with Crippen molar-refractivity contribution in [3.8, 4) is 0 Å². The molecular formula is C14H26N2O3. The van der Waals surface area contributed by atoms with Crippen LogP contribution in [0, 0.1) is 17.8 Å². The molecule has 1 aliphatic rings. The van der Waals surface area contributed by atoms with E-state index in [-0.39, 0.29) is 36.3 Å². The Bertz CT molecular complexity index is 331. The third-order valence-corrected chi connectivity index (χ3v) is 3.68. The van der Waals surface area contributed by atoms with Gasteiger partial charge in [-0.25, -0.2) is 0 Å². The highest BCUT2D eigenvalue weighted by Crippen LogP contribution is 2.19. The second-order valence-electron chi connectivity index (χ2n) is 6.05. The summed E-state index contributed by atoms with van der Waals surface area (Å²) in [5.41, 5.74) is 0. The van der Waals surface area contributed by atoms with Gasteiger partial charge in [0.15, 0.2) is 0 Å². The Labute approximate surface area is 115 Å². The molecule has 0 saturated carbocycles. The lowest BCUT2D eigenvalue weighted by Crippen LogP contribution is -2.42. The van der Waals surface area contributed by atoms with Crippen molar-refractivity contribution in [2.75, 3.05) is 19.7 Å². The predicted molar refractivity (Wildman–Crippen MR) is 73.4 cm³/mol. The summed E-state index contributed by atoms with van der Waals surface area (Å²) in [6, 6.07) is -0.0771. The Morgan fingerprint density at radius 2 is 2.05 bits per heavy atom. The summed E-state index contributed by atoms with van der Waals surface area (Å²) in [7, 11) is 0. The lowest BCUT2D eigenvalue weighted by Gasteiger charge is -2.22. The van der Waals surface area contributed by atoms with Crippen molar-refractivity contribution in [3.63, 3.8) is 0 Å². The maximum atomic E-state index is 12.1. The van der Waals surface area contributed by atoms with Crippen molar-refractivity contribution in [2.45, 2.75) is 40.2 Å². The van der Waals surface area contributed by atoms with Crippen LogP contribution in [-0.2, 0) is 9.59 Å². The summed E-state index contributed by atoms with van der Waals surface area (Å²) < 4.78 is 0. The van der Waals surface area contributed by atoms with Crippen LogP contribution in [-0.4, -0.2) is 47.6 Å². The number of nitrogens with zero attached hydrogens (tertiary/aromatic N) is 1. The summed E-state index contributed by atoms with van der Waals surface area (Å²) >= 11 is 0. The molecule has 3 atom stereocenters. The molecule has 2 N–H and O–H groups in total. The Kier molecular flexibility index (Phi) is 5.79. The maximum Gasteiger partial charge on any atom is 0.225 e. The number of nitrogens with one attached hydrogen (secondary N) is 1. The number of carbonyl (C=O) groups excluding carboxylic acids is 2. The molecular weight excluding hydrogens is 244 g/mol. The highest BCUT2D eigenvalue weighted by molar-refractivity contribution is 5.89. The zero-order chi connectivity index (χ0) is 14.6. The molecule has 0 aromatic carbocycles. The minimum Gasteiger partial charge on any atom is -0.396 e. The average Bonchev–Trinajstić information content (AvgIpc) is 2.69. The number of likely N-dealkylation sites (tertiary alicyclic amines) is 1. The van der Waals surface area contributed by atoms with Crippen LogP contribution in [0.4, 0.5) is 0 Å². The van der Waals surface area contributed by atoms with Gasteiger partial charge in [0.2, 0.25) is 11.8 Å². The van der Waals surface area contributed by atoms with Crippen LogP contribution in [0.5, 0.6) is 0 Å². The summed E-state index contributed by atoms with van der Waals surface area (Å²) in [6.07, 6.45) is 0.304. The van der Waals surface area contributed by atoms with Gasteiger partial charge >= 0.3 is 0 Å². The van der Waals surface area contributed by atoms with Gasteiger partial charge in [-0.3, -0.25) is 9.59 Å². The Balaban J connectivity index is 2.49. The van der Waals surface area contributed by atoms with Crippen molar-refractivity contribution in [1.29, 1.82) is 0 Å². The molecule has 0 bridgehead atoms. The van der Waals surface area contributed by atoms with Gasteiger partial charge in [-0.05, 0) is 18.8 Å². The molecule has 110 valence electrons.